The monoisotopic (exact) mass is 142 g/mol. The van der Waals surface area contributed by atoms with E-state index in [1.807, 2.05) is 6.92 Å². The summed E-state index contributed by atoms with van der Waals surface area (Å²) >= 11 is 0. The first-order chi connectivity index (χ1) is 4.72. The van der Waals surface area contributed by atoms with Gasteiger partial charge in [-0.1, -0.05) is 13.3 Å². The van der Waals surface area contributed by atoms with E-state index in [4.69, 9.17) is 0 Å². The molecule has 0 heterocycles. The lowest BCUT2D eigenvalue weighted by atomic mass is 9.99. The minimum atomic E-state index is -0.380. The van der Waals surface area contributed by atoms with Gasteiger partial charge in [-0.15, -0.1) is 0 Å². The average molecular weight is 142 g/mol. The highest BCUT2D eigenvalue weighted by Gasteiger charge is 2.23. The number of carbonyl (C=O) groups excluding carboxylic acids is 1. The van der Waals surface area contributed by atoms with Gasteiger partial charge in [0, 0.05) is 12.3 Å². The summed E-state index contributed by atoms with van der Waals surface area (Å²) in [7, 11) is 0. The first-order valence-corrected chi connectivity index (χ1v) is 3.92. The van der Waals surface area contributed by atoms with Gasteiger partial charge in [0.25, 0.3) is 0 Å². The van der Waals surface area contributed by atoms with Crippen molar-refractivity contribution in [3.05, 3.63) is 0 Å². The topological polar surface area (TPSA) is 37.3 Å². The van der Waals surface area contributed by atoms with Gasteiger partial charge < -0.3 is 5.11 Å². The van der Waals surface area contributed by atoms with Crippen LogP contribution in [0.25, 0.3) is 0 Å². The molecule has 1 aliphatic carbocycles. The molecule has 0 radical (unpaired) electrons. The maximum absolute atomic E-state index is 11.1. The van der Waals surface area contributed by atoms with E-state index < -0.39 is 0 Å². The molecular weight excluding hydrogens is 128 g/mol. The van der Waals surface area contributed by atoms with Crippen molar-refractivity contribution in [3.63, 3.8) is 0 Å². The average Bonchev–Trinajstić information content (AvgIpc) is 2.04. The van der Waals surface area contributed by atoms with Gasteiger partial charge in [-0.3, -0.25) is 4.79 Å². The minimum absolute atomic E-state index is 0.123. The maximum atomic E-state index is 11.1. The predicted octanol–water partition coefficient (Wildman–Crippen LogP) is 1.13. The van der Waals surface area contributed by atoms with Gasteiger partial charge in [0.15, 0.2) is 0 Å². The zero-order chi connectivity index (χ0) is 7.56. The number of hydrogen-bond acceptors (Lipinski definition) is 2. The van der Waals surface area contributed by atoms with Crippen LogP contribution in [0.1, 0.15) is 32.6 Å². The number of hydrogen-bond donors (Lipinski definition) is 1. The van der Waals surface area contributed by atoms with Crippen LogP contribution >= 0.6 is 0 Å². The standard InChI is InChI=1S/C8H14O2/c1-6-7(9)4-2-3-5-8(6)10/h6-7,9H,2-5H2,1H3. The number of aliphatic hydroxyl groups excluding tert-OH is 1. The van der Waals surface area contributed by atoms with Crippen molar-refractivity contribution in [1.29, 1.82) is 0 Å². The quantitative estimate of drug-likeness (QED) is 0.515. The molecule has 1 rings (SSSR count). The Balaban J connectivity index is 2.55. The highest BCUT2D eigenvalue weighted by molar-refractivity contribution is 5.81. The molecule has 0 aromatic rings. The van der Waals surface area contributed by atoms with Crippen LogP contribution in [0.15, 0.2) is 0 Å². The Morgan fingerprint density at radius 1 is 1.50 bits per heavy atom. The van der Waals surface area contributed by atoms with E-state index in [-0.39, 0.29) is 17.8 Å². The van der Waals surface area contributed by atoms with Gasteiger partial charge in [-0.2, -0.15) is 0 Å². The molecule has 0 aromatic carbocycles. The van der Waals surface area contributed by atoms with Crippen LogP contribution in [-0.4, -0.2) is 17.0 Å². The van der Waals surface area contributed by atoms with E-state index in [1.165, 1.54) is 0 Å². The van der Waals surface area contributed by atoms with Crippen LogP contribution in [0.3, 0.4) is 0 Å². The Bertz CT molecular complexity index is 131. The van der Waals surface area contributed by atoms with Gasteiger partial charge >= 0.3 is 0 Å². The summed E-state index contributed by atoms with van der Waals surface area (Å²) in [5, 5.41) is 9.31. The third-order valence-electron chi connectivity index (χ3n) is 2.26. The van der Waals surface area contributed by atoms with Crippen molar-refractivity contribution in [2.24, 2.45) is 5.92 Å². The fourth-order valence-electron chi connectivity index (χ4n) is 1.34. The van der Waals surface area contributed by atoms with Crippen LogP contribution in [0.4, 0.5) is 0 Å². The third-order valence-corrected chi connectivity index (χ3v) is 2.26. The zero-order valence-corrected chi connectivity index (χ0v) is 6.34. The number of rotatable bonds is 0. The van der Waals surface area contributed by atoms with Gasteiger partial charge in [-0.05, 0) is 12.8 Å². The van der Waals surface area contributed by atoms with Crippen molar-refractivity contribution < 1.29 is 9.90 Å². The normalized spacial score (nSPS) is 35.6. The van der Waals surface area contributed by atoms with Crippen LogP contribution < -0.4 is 0 Å². The summed E-state index contributed by atoms with van der Waals surface area (Å²) in [5.41, 5.74) is 0. The van der Waals surface area contributed by atoms with Crippen LogP contribution in [0, 0.1) is 5.92 Å². The van der Waals surface area contributed by atoms with E-state index in [2.05, 4.69) is 0 Å². The lowest BCUT2D eigenvalue weighted by molar-refractivity contribution is -0.124. The second kappa shape index (κ2) is 3.15. The second-order valence-electron chi connectivity index (χ2n) is 3.07. The van der Waals surface area contributed by atoms with Crippen molar-refractivity contribution in [2.75, 3.05) is 0 Å². The highest BCUT2D eigenvalue weighted by Crippen LogP contribution is 2.19. The van der Waals surface area contributed by atoms with Crippen molar-refractivity contribution in [1.82, 2.24) is 0 Å². The molecule has 58 valence electrons. The Kier molecular flexibility index (Phi) is 2.44. The van der Waals surface area contributed by atoms with Gasteiger partial charge in [0.05, 0.1) is 6.10 Å². The molecule has 10 heavy (non-hydrogen) atoms. The molecule has 2 unspecified atom stereocenters. The lowest BCUT2D eigenvalue weighted by Gasteiger charge is -2.12. The number of aliphatic hydroxyl groups is 1. The molecule has 0 aliphatic heterocycles. The fraction of sp³-hybridized carbons (Fsp3) is 0.875. The van der Waals surface area contributed by atoms with Crippen molar-refractivity contribution >= 4 is 5.78 Å². The molecule has 2 nitrogen and oxygen atoms in total. The van der Waals surface area contributed by atoms with Crippen molar-refractivity contribution in [3.8, 4) is 0 Å². The molecule has 0 spiro atoms. The number of ketones is 1. The highest BCUT2D eigenvalue weighted by atomic mass is 16.3. The number of carbonyl (C=O) groups is 1. The SMILES string of the molecule is CC1C(=O)CCCCC1O. The minimum Gasteiger partial charge on any atom is -0.392 e. The predicted molar refractivity (Wildman–Crippen MR) is 38.6 cm³/mol. The lowest BCUT2D eigenvalue weighted by Crippen LogP contribution is -2.22. The second-order valence-corrected chi connectivity index (χ2v) is 3.07. The molecule has 2 atom stereocenters. The van der Waals surface area contributed by atoms with E-state index in [0.717, 1.165) is 19.3 Å². The maximum Gasteiger partial charge on any atom is 0.138 e. The van der Waals surface area contributed by atoms with Crippen LogP contribution in [0.5, 0.6) is 0 Å². The largest absolute Gasteiger partial charge is 0.392 e. The molecular formula is C8H14O2. The van der Waals surface area contributed by atoms with E-state index in [0.29, 0.717) is 6.42 Å². The Labute approximate surface area is 61.2 Å². The molecule has 2 heteroatoms. The van der Waals surface area contributed by atoms with E-state index in [1.54, 1.807) is 0 Å². The summed E-state index contributed by atoms with van der Waals surface area (Å²) in [6, 6.07) is 0. The molecule has 1 N–H and O–H groups in total. The van der Waals surface area contributed by atoms with Crippen LogP contribution in [-0.2, 0) is 4.79 Å². The zero-order valence-electron chi connectivity index (χ0n) is 6.34. The first-order valence-electron chi connectivity index (χ1n) is 3.92. The first kappa shape index (κ1) is 7.73. The van der Waals surface area contributed by atoms with Crippen LogP contribution in [0.2, 0.25) is 0 Å². The Morgan fingerprint density at radius 2 is 2.20 bits per heavy atom. The summed E-state index contributed by atoms with van der Waals surface area (Å²) in [4.78, 5) is 11.1. The van der Waals surface area contributed by atoms with E-state index >= 15 is 0 Å². The summed E-state index contributed by atoms with van der Waals surface area (Å²) in [6.45, 7) is 1.82. The molecule has 1 aliphatic rings. The van der Waals surface area contributed by atoms with Gasteiger partial charge in [0.1, 0.15) is 5.78 Å². The Hall–Kier alpha value is -0.370. The molecule has 0 bridgehead atoms. The molecule has 1 fully saturated rings. The summed E-state index contributed by atoms with van der Waals surface area (Å²) in [5.74, 6) is 0.104. The van der Waals surface area contributed by atoms with Gasteiger partial charge in [0.2, 0.25) is 0 Å². The fourth-order valence-corrected chi connectivity index (χ4v) is 1.34. The molecule has 0 saturated heterocycles. The third kappa shape index (κ3) is 1.57. The Morgan fingerprint density at radius 3 is 2.90 bits per heavy atom. The van der Waals surface area contributed by atoms with Crippen molar-refractivity contribution in [2.45, 2.75) is 38.7 Å². The van der Waals surface area contributed by atoms with E-state index in [9.17, 15) is 9.90 Å². The molecule has 0 amide bonds. The summed E-state index contributed by atoms with van der Waals surface area (Å²) in [6.07, 6.45) is 3.04. The smallest absolute Gasteiger partial charge is 0.138 e. The summed E-state index contributed by atoms with van der Waals surface area (Å²) < 4.78 is 0. The van der Waals surface area contributed by atoms with Gasteiger partial charge in [-0.25, -0.2) is 0 Å². The molecule has 1 saturated carbocycles. The molecule has 0 aromatic heterocycles. The number of Topliss-reactive ketones (excluding diaryl/α,β-unsaturated/α-hetero) is 1.